The molecule has 2 heteroatoms. The van der Waals surface area contributed by atoms with E-state index in [0.29, 0.717) is 19.4 Å². The van der Waals surface area contributed by atoms with Crippen LogP contribution in [0.3, 0.4) is 0 Å². The second-order valence-electron chi connectivity index (χ2n) is 6.34. The number of ether oxygens (including phenoxy) is 1. The van der Waals surface area contributed by atoms with Crippen LogP contribution >= 0.6 is 0 Å². The number of esters is 1. The van der Waals surface area contributed by atoms with Gasteiger partial charge in [0.2, 0.25) is 0 Å². The van der Waals surface area contributed by atoms with Gasteiger partial charge < -0.3 is 4.74 Å². The van der Waals surface area contributed by atoms with Crippen molar-refractivity contribution >= 4 is 22.8 Å². The van der Waals surface area contributed by atoms with Crippen molar-refractivity contribution in [1.82, 2.24) is 0 Å². The Balaban J connectivity index is 1.79. The summed E-state index contributed by atoms with van der Waals surface area (Å²) < 4.78 is 5.32. The van der Waals surface area contributed by atoms with Crippen molar-refractivity contribution in [3.8, 4) is 0 Å². The number of fused-ring (bicyclic) bond motifs is 1. The van der Waals surface area contributed by atoms with Crippen LogP contribution in [0.2, 0.25) is 0 Å². The Bertz CT molecular complexity index is 876. The third-order valence-corrected chi connectivity index (χ3v) is 4.50. The highest BCUT2D eigenvalue weighted by Crippen LogP contribution is 2.23. The lowest BCUT2D eigenvalue weighted by Gasteiger charge is -2.15. The molecule has 0 radical (unpaired) electrons. The molecule has 0 aliphatic rings. The molecule has 0 fully saturated rings. The van der Waals surface area contributed by atoms with Crippen molar-refractivity contribution in [1.29, 1.82) is 0 Å². The van der Waals surface area contributed by atoms with Gasteiger partial charge in [-0.05, 0) is 41.7 Å². The van der Waals surface area contributed by atoms with E-state index in [-0.39, 0.29) is 11.9 Å². The maximum Gasteiger partial charge on any atom is 0.309 e. The molecular weight excluding hydrogens is 320 g/mol. The van der Waals surface area contributed by atoms with E-state index in [4.69, 9.17) is 4.74 Å². The first-order chi connectivity index (χ1) is 12.8. The van der Waals surface area contributed by atoms with Crippen LogP contribution in [0.5, 0.6) is 0 Å². The lowest BCUT2D eigenvalue weighted by atomic mass is 9.92. The fourth-order valence-electron chi connectivity index (χ4n) is 3.19. The highest BCUT2D eigenvalue weighted by molar-refractivity contribution is 5.86. The zero-order chi connectivity index (χ0) is 18.2. The van der Waals surface area contributed by atoms with Gasteiger partial charge in [-0.2, -0.15) is 0 Å². The van der Waals surface area contributed by atoms with Crippen LogP contribution in [-0.4, -0.2) is 12.6 Å². The lowest BCUT2D eigenvalue weighted by Crippen LogP contribution is -2.19. The minimum atomic E-state index is -0.180. The zero-order valence-electron chi connectivity index (χ0n) is 15.1. The summed E-state index contributed by atoms with van der Waals surface area (Å²) in [5, 5.41) is 2.41. The number of carbonyl (C=O) groups is 1. The molecule has 132 valence electrons. The summed E-state index contributed by atoms with van der Waals surface area (Å²) in [6.45, 7) is 2.26. The van der Waals surface area contributed by atoms with E-state index in [0.717, 1.165) is 5.56 Å². The Hall–Kier alpha value is -2.87. The average molecular weight is 344 g/mol. The Kier molecular flexibility index (Phi) is 6.21. The molecule has 0 bridgehead atoms. The first-order valence-corrected chi connectivity index (χ1v) is 9.13. The Morgan fingerprint density at radius 3 is 2.50 bits per heavy atom. The Labute approximate surface area is 155 Å². The van der Waals surface area contributed by atoms with Gasteiger partial charge in [0.15, 0.2) is 0 Å². The van der Waals surface area contributed by atoms with Crippen molar-refractivity contribution in [2.45, 2.75) is 19.8 Å². The normalized spacial score (nSPS) is 12.3. The number of benzene rings is 3. The van der Waals surface area contributed by atoms with E-state index in [1.165, 1.54) is 16.3 Å². The minimum absolute atomic E-state index is 0.127. The fourth-order valence-corrected chi connectivity index (χ4v) is 3.19. The number of rotatable bonds is 7. The second-order valence-corrected chi connectivity index (χ2v) is 6.34. The van der Waals surface area contributed by atoms with E-state index in [1.807, 2.05) is 37.3 Å². The predicted molar refractivity (Wildman–Crippen MR) is 108 cm³/mol. The lowest BCUT2D eigenvalue weighted by molar-refractivity contribution is -0.147. The highest BCUT2D eigenvalue weighted by Gasteiger charge is 2.20. The van der Waals surface area contributed by atoms with E-state index in [1.54, 1.807) is 0 Å². The molecule has 0 N–H and O–H groups in total. The van der Waals surface area contributed by atoms with E-state index >= 15 is 0 Å². The molecule has 0 spiro atoms. The maximum atomic E-state index is 12.5. The molecular formula is C24H24O2. The smallest absolute Gasteiger partial charge is 0.309 e. The van der Waals surface area contributed by atoms with Gasteiger partial charge >= 0.3 is 5.97 Å². The summed E-state index contributed by atoms with van der Waals surface area (Å²) in [6, 6.07) is 24.7. The van der Waals surface area contributed by atoms with Crippen LogP contribution in [-0.2, 0) is 16.0 Å². The third kappa shape index (κ3) is 4.60. The molecule has 0 heterocycles. The third-order valence-electron chi connectivity index (χ3n) is 4.50. The molecule has 3 aromatic rings. The van der Waals surface area contributed by atoms with Gasteiger partial charge in [-0.25, -0.2) is 0 Å². The summed E-state index contributed by atoms with van der Waals surface area (Å²) in [6.07, 6.45) is 5.48. The number of hydrogen-bond acceptors (Lipinski definition) is 2. The van der Waals surface area contributed by atoms with Gasteiger partial charge in [0.1, 0.15) is 0 Å². The van der Waals surface area contributed by atoms with E-state index in [9.17, 15) is 4.79 Å². The number of allylic oxidation sites excluding steroid dienone is 1. The summed E-state index contributed by atoms with van der Waals surface area (Å²) in [4.78, 5) is 12.5. The van der Waals surface area contributed by atoms with E-state index < -0.39 is 0 Å². The summed E-state index contributed by atoms with van der Waals surface area (Å²) >= 11 is 0. The molecule has 0 aliphatic carbocycles. The molecule has 0 aliphatic heterocycles. The first-order valence-electron chi connectivity index (χ1n) is 9.13. The van der Waals surface area contributed by atoms with Gasteiger partial charge in [-0.3, -0.25) is 4.79 Å². The van der Waals surface area contributed by atoms with Crippen LogP contribution in [0.4, 0.5) is 0 Å². The molecule has 3 rings (SSSR count). The second kappa shape index (κ2) is 9.00. The molecule has 1 unspecified atom stereocenters. The molecule has 1 atom stereocenters. The standard InChI is InChI=1S/C24H24O2/c1-2-26-24(25)22(16-8-12-19-10-4-3-5-11-19)18-21-15-9-14-20-13-6-7-17-23(20)21/h3-15,17,22H,2,16,18H2,1H3/b12-8-. The average Bonchev–Trinajstić information content (AvgIpc) is 2.68. The molecule has 2 nitrogen and oxygen atoms in total. The van der Waals surface area contributed by atoms with Gasteiger partial charge in [-0.15, -0.1) is 0 Å². The van der Waals surface area contributed by atoms with Crippen LogP contribution in [0, 0.1) is 5.92 Å². The topological polar surface area (TPSA) is 26.3 Å². The fraction of sp³-hybridized carbons (Fsp3) is 0.208. The van der Waals surface area contributed by atoms with Crippen LogP contribution in [0.25, 0.3) is 16.8 Å². The van der Waals surface area contributed by atoms with Gasteiger partial charge in [-0.1, -0.05) is 84.9 Å². The highest BCUT2D eigenvalue weighted by atomic mass is 16.5. The maximum absolute atomic E-state index is 12.5. The Morgan fingerprint density at radius 2 is 1.69 bits per heavy atom. The quantitative estimate of drug-likeness (QED) is 0.517. The van der Waals surface area contributed by atoms with Crippen LogP contribution in [0.1, 0.15) is 24.5 Å². The monoisotopic (exact) mass is 344 g/mol. The summed E-state index contributed by atoms with van der Waals surface area (Å²) in [7, 11) is 0. The van der Waals surface area contributed by atoms with Crippen molar-refractivity contribution in [3.05, 3.63) is 90.0 Å². The molecule has 0 saturated carbocycles. The summed E-state index contributed by atoms with van der Waals surface area (Å²) in [5.74, 6) is -0.307. The van der Waals surface area contributed by atoms with Crippen molar-refractivity contribution in [3.63, 3.8) is 0 Å². The molecule has 0 amide bonds. The Morgan fingerprint density at radius 1 is 0.962 bits per heavy atom. The zero-order valence-corrected chi connectivity index (χ0v) is 15.1. The molecule has 0 aromatic heterocycles. The van der Waals surface area contributed by atoms with Crippen LogP contribution in [0.15, 0.2) is 78.9 Å². The molecule has 3 aromatic carbocycles. The van der Waals surface area contributed by atoms with E-state index in [2.05, 4.69) is 54.6 Å². The first kappa shape index (κ1) is 17.9. The largest absolute Gasteiger partial charge is 0.466 e. The summed E-state index contributed by atoms with van der Waals surface area (Å²) in [5.41, 5.74) is 2.33. The molecule has 26 heavy (non-hydrogen) atoms. The predicted octanol–water partition coefficient (Wildman–Crippen LogP) is 5.67. The van der Waals surface area contributed by atoms with Crippen molar-refractivity contribution in [2.75, 3.05) is 6.61 Å². The van der Waals surface area contributed by atoms with Crippen LogP contribution < -0.4 is 0 Å². The van der Waals surface area contributed by atoms with Gasteiger partial charge in [0.25, 0.3) is 0 Å². The number of carbonyl (C=O) groups excluding carboxylic acids is 1. The number of hydrogen-bond donors (Lipinski definition) is 0. The SMILES string of the molecule is CCOC(=O)C(C/C=C\c1ccccc1)Cc1cccc2ccccc12. The van der Waals surface area contributed by atoms with Gasteiger partial charge in [0.05, 0.1) is 12.5 Å². The minimum Gasteiger partial charge on any atom is -0.466 e. The van der Waals surface area contributed by atoms with Gasteiger partial charge in [0, 0.05) is 0 Å². The van der Waals surface area contributed by atoms with Crippen molar-refractivity contribution in [2.24, 2.45) is 5.92 Å². The van der Waals surface area contributed by atoms with Crippen molar-refractivity contribution < 1.29 is 9.53 Å². The molecule has 0 saturated heterocycles.